The lowest BCUT2D eigenvalue weighted by Gasteiger charge is -2.38. The van der Waals surface area contributed by atoms with Crippen LogP contribution >= 0.6 is 0 Å². The van der Waals surface area contributed by atoms with E-state index in [1.165, 1.54) is 10.8 Å². The van der Waals surface area contributed by atoms with Crippen molar-refractivity contribution in [2.45, 2.75) is 25.4 Å². The van der Waals surface area contributed by atoms with Gasteiger partial charge >= 0.3 is 5.69 Å². The van der Waals surface area contributed by atoms with Crippen LogP contribution in [0.4, 0.5) is 5.82 Å². The zero-order valence-corrected chi connectivity index (χ0v) is 13.7. The molecule has 126 valence electrons. The fraction of sp³-hybridized carbons (Fsp3) is 0.412. The van der Waals surface area contributed by atoms with E-state index >= 15 is 0 Å². The Balaban J connectivity index is 1.66. The number of amides is 1. The van der Waals surface area contributed by atoms with Gasteiger partial charge < -0.3 is 9.80 Å². The summed E-state index contributed by atoms with van der Waals surface area (Å²) in [4.78, 5) is 36.2. The highest BCUT2D eigenvalue weighted by atomic mass is 16.2. The number of aromatic nitrogens is 3. The van der Waals surface area contributed by atoms with Gasteiger partial charge in [-0.15, -0.1) is 0 Å². The van der Waals surface area contributed by atoms with E-state index in [0.717, 1.165) is 31.7 Å². The summed E-state index contributed by atoms with van der Waals surface area (Å²) in [6, 6.07) is 7.61. The summed E-state index contributed by atoms with van der Waals surface area (Å²) >= 11 is 0. The van der Waals surface area contributed by atoms with Gasteiger partial charge in [-0.2, -0.15) is 0 Å². The fourth-order valence-electron chi connectivity index (χ4n) is 2.99. The maximum atomic E-state index is 12.5. The van der Waals surface area contributed by atoms with Crippen LogP contribution < -0.4 is 10.6 Å². The number of hydrogen-bond donors (Lipinski definition) is 0. The first-order valence-corrected chi connectivity index (χ1v) is 8.08. The predicted octanol–water partition coefficient (Wildman–Crippen LogP) is 0.766. The van der Waals surface area contributed by atoms with Gasteiger partial charge in [0.25, 0.3) is 0 Å². The third kappa shape index (κ3) is 3.61. The summed E-state index contributed by atoms with van der Waals surface area (Å²) in [6.07, 6.45) is 6.75. The molecule has 0 aliphatic carbocycles. The van der Waals surface area contributed by atoms with Gasteiger partial charge in [-0.1, -0.05) is 6.07 Å². The molecule has 0 unspecified atom stereocenters. The number of rotatable bonds is 4. The van der Waals surface area contributed by atoms with E-state index in [4.69, 9.17) is 0 Å². The number of hydrogen-bond acceptors (Lipinski definition) is 5. The molecule has 0 bridgehead atoms. The second-order valence-electron chi connectivity index (χ2n) is 5.96. The first kappa shape index (κ1) is 16.2. The standard InChI is InChI=1S/C17H21N5O2/c1-20(16(23)13-22-11-5-9-19-17(22)24)14-6-4-10-21(12-14)15-7-2-3-8-18-15/h2-3,5,7-9,11,14H,4,6,10,12-13H2,1H3/t14-/m1/s1. The first-order chi connectivity index (χ1) is 11.6. The Morgan fingerprint density at radius 3 is 2.88 bits per heavy atom. The Morgan fingerprint density at radius 2 is 2.12 bits per heavy atom. The van der Waals surface area contributed by atoms with E-state index < -0.39 is 5.69 Å². The molecule has 7 heteroatoms. The molecule has 0 saturated carbocycles. The lowest BCUT2D eigenvalue weighted by Crippen LogP contribution is -2.50. The van der Waals surface area contributed by atoms with Crippen molar-refractivity contribution in [2.24, 2.45) is 0 Å². The maximum Gasteiger partial charge on any atom is 0.347 e. The fourth-order valence-corrected chi connectivity index (χ4v) is 2.99. The smallest absolute Gasteiger partial charge is 0.347 e. The molecule has 3 rings (SSSR count). The molecule has 2 aromatic heterocycles. The molecule has 3 heterocycles. The number of anilines is 1. The van der Waals surface area contributed by atoms with Gasteiger partial charge in [0.2, 0.25) is 5.91 Å². The SMILES string of the molecule is CN(C(=O)Cn1cccnc1=O)[C@@H]1CCCN(c2ccccn2)C1. The van der Waals surface area contributed by atoms with Gasteiger partial charge in [-0.05, 0) is 31.0 Å². The average molecular weight is 327 g/mol. The highest BCUT2D eigenvalue weighted by Crippen LogP contribution is 2.20. The number of pyridine rings is 1. The maximum absolute atomic E-state index is 12.5. The van der Waals surface area contributed by atoms with Gasteiger partial charge in [0.05, 0.1) is 0 Å². The number of carbonyl (C=O) groups is 1. The average Bonchev–Trinajstić information content (AvgIpc) is 2.64. The lowest BCUT2D eigenvalue weighted by molar-refractivity contribution is -0.132. The van der Waals surface area contributed by atoms with Crippen LogP contribution in [0.2, 0.25) is 0 Å². The minimum absolute atomic E-state index is 0.0171. The molecule has 0 aromatic carbocycles. The highest BCUT2D eigenvalue weighted by molar-refractivity contribution is 5.76. The molecular formula is C17H21N5O2. The van der Waals surface area contributed by atoms with Crippen LogP contribution in [0.15, 0.2) is 47.7 Å². The molecule has 0 radical (unpaired) electrons. The summed E-state index contributed by atoms with van der Waals surface area (Å²) in [5, 5.41) is 0. The van der Waals surface area contributed by atoms with Gasteiger partial charge in [0.15, 0.2) is 0 Å². The van der Waals surface area contributed by atoms with Crippen molar-refractivity contribution in [1.82, 2.24) is 19.4 Å². The molecule has 1 atom stereocenters. The van der Waals surface area contributed by atoms with E-state index in [1.54, 1.807) is 30.4 Å². The van der Waals surface area contributed by atoms with Gasteiger partial charge in [0, 0.05) is 44.8 Å². The zero-order chi connectivity index (χ0) is 16.9. The molecule has 1 aliphatic rings. The highest BCUT2D eigenvalue weighted by Gasteiger charge is 2.26. The predicted molar refractivity (Wildman–Crippen MR) is 90.7 cm³/mol. The van der Waals surface area contributed by atoms with Gasteiger partial charge in [0.1, 0.15) is 12.4 Å². The van der Waals surface area contributed by atoms with Gasteiger partial charge in [-0.3, -0.25) is 9.36 Å². The number of nitrogens with zero attached hydrogens (tertiary/aromatic N) is 5. The normalized spacial score (nSPS) is 17.5. The Bertz CT molecular complexity index is 746. The van der Waals surface area contributed by atoms with Crippen molar-refractivity contribution >= 4 is 11.7 Å². The summed E-state index contributed by atoms with van der Waals surface area (Å²) in [5.74, 6) is 0.851. The lowest BCUT2D eigenvalue weighted by atomic mass is 10.0. The molecule has 0 spiro atoms. The van der Waals surface area contributed by atoms with Crippen molar-refractivity contribution in [1.29, 1.82) is 0 Å². The van der Waals surface area contributed by atoms with Crippen molar-refractivity contribution in [3.05, 3.63) is 53.3 Å². The Morgan fingerprint density at radius 1 is 1.29 bits per heavy atom. The third-order valence-corrected chi connectivity index (χ3v) is 4.40. The number of piperidine rings is 1. The van der Waals surface area contributed by atoms with Crippen LogP contribution in [0, 0.1) is 0 Å². The van der Waals surface area contributed by atoms with E-state index in [9.17, 15) is 9.59 Å². The summed E-state index contributed by atoms with van der Waals surface area (Å²) in [6.45, 7) is 1.71. The largest absolute Gasteiger partial charge is 0.355 e. The summed E-state index contributed by atoms with van der Waals surface area (Å²) in [5.41, 5.74) is -0.405. The van der Waals surface area contributed by atoms with Crippen LogP contribution in [0.5, 0.6) is 0 Å². The van der Waals surface area contributed by atoms with E-state index in [1.807, 2.05) is 18.2 Å². The first-order valence-electron chi connectivity index (χ1n) is 8.08. The topological polar surface area (TPSA) is 71.3 Å². The monoisotopic (exact) mass is 327 g/mol. The number of likely N-dealkylation sites (N-methyl/N-ethyl adjacent to an activating group) is 1. The van der Waals surface area contributed by atoms with Crippen molar-refractivity contribution in [2.75, 3.05) is 25.0 Å². The van der Waals surface area contributed by atoms with Crippen LogP contribution in [0.25, 0.3) is 0 Å². The molecule has 2 aromatic rings. The van der Waals surface area contributed by atoms with Crippen molar-refractivity contribution < 1.29 is 4.79 Å². The molecular weight excluding hydrogens is 306 g/mol. The van der Waals surface area contributed by atoms with Crippen LogP contribution in [-0.4, -0.2) is 51.5 Å². The van der Waals surface area contributed by atoms with Crippen molar-refractivity contribution in [3.8, 4) is 0 Å². The summed E-state index contributed by atoms with van der Waals surface area (Å²) < 4.78 is 1.33. The molecule has 1 amide bonds. The van der Waals surface area contributed by atoms with Crippen molar-refractivity contribution in [3.63, 3.8) is 0 Å². The molecule has 7 nitrogen and oxygen atoms in total. The van der Waals surface area contributed by atoms with Crippen LogP contribution in [0.3, 0.4) is 0 Å². The quantitative estimate of drug-likeness (QED) is 0.829. The molecule has 0 N–H and O–H groups in total. The molecule has 1 aliphatic heterocycles. The van der Waals surface area contributed by atoms with Crippen LogP contribution in [0.1, 0.15) is 12.8 Å². The molecule has 24 heavy (non-hydrogen) atoms. The molecule has 1 saturated heterocycles. The second kappa shape index (κ2) is 7.25. The van der Waals surface area contributed by atoms with E-state index in [-0.39, 0.29) is 18.5 Å². The third-order valence-electron chi connectivity index (χ3n) is 4.40. The van der Waals surface area contributed by atoms with Gasteiger partial charge in [-0.25, -0.2) is 14.8 Å². The molecule has 1 fully saturated rings. The Kier molecular flexibility index (Phi) is 4.88. The Hall–Kier alpha value is -2.70. The minimum Gasteiger partial charge on any atom is -0.355 e. The van der Waals surface area contributed by atoms with Crippen LogP contribution in [-0.2, 0) is 11.3 Å². The van der Waals surface area contributed by atoms with E-state index in [0.29, 0.717) is 0 Å². The zero-order valence-electron chi connectivity index (χ0n) is 13.7. The van der Waals surface area contributed by atoms with E-state index in [2.05, 4.69) is 14.9 Å². The summed E-state index contributed by atoms with van der Waals surface area (Å²) in [7, 11) is 1.80. The second-order valence-corrected chi connectivity index (χ2v) is 5.96. The minimum atomic E-state index is -0.405. The number of carbonyl (C=O) groups excluding carboxylic acids is 1. The Labute approximate surface area is 140 Å².